The molecule has 1 saturated carbocycles. The molecule has 1 aromatic heterocycles. The second-order valence-electron chi connectivity index (χ2n) is 5.84. The summed E-state index contributed by atoms with van der Waals surface area (Å²) in [6, 6.07) is 8.00. The Morgan fingerprint density at radius 1 is 1.08 bits per heavy atom. The minimum atomic E-state index is -4.60. The molecule has 2 N–H and O–H groups in total. The molecule has 1 aliphatic carbocycles. The second-order valence-corrected chi connectivity index (χ2v) is 5.84. The highest BCUT2D eigenvalue weighted by molar-refractivity contribution is 6.13. The molecule has 1 fully saturated rings. The van der Waals surface area contributed by atoms with Crippen molar-refractivity contribution >= 4 is 17.5 Å². The van der Waals surface area contributed by atoms with Crippen molar-refractivity contribution in [3.05, 3.63) is 54.0 Å². The van der Waals surface area contributed by atoms with Crippen LogP contribution in [0.3, 0.4) is 0 Å². The van der Waals surface area contributed by atoms with Crippen LogP contribution in [0, 0.1) is 5.41 Å². The van der Waals surface area contributed by atoms with E-state index >= 15 is 0 Å². The van der Waals surface area contributed by atoms with Crippen molar-refractivity contribution in [2.45, 2.75) is 25.6 Å². The van der Waals surface area contributed by atoms with E-state index in [0.717, 1.165) is 12.1 Å². The number of carbonyl (C=O) groups is 2. The third kappa shape index (κ3) is 3.52. The Bertz CT molecular complexity index is 781. The molecule has 0 aliphatic heterocycles. The van der Waals surface area contributed by atoms with Crippen LogP contribution >= 0.6 is 0 Å². The van der Waals surface area contributed by atoms with Crippen LogP contribution in [0.2, 0.25) is 0 Å². The molecule has 0 unspecified atom stereocenters. The molecule has 0 saturated heterocycles. The van der Waals surface area contributed by atoms with Crippen molar-refractivity contribution in [3.63, 3.8) is 0 Å². The number of benzene rings is 1. The van der Waals surface area contributed by atoms with Crippen molar-refractivity contribution in [1.82, 2.24) is 5.32 Å². The molecule has 0 atom stereocenters. The maximum absolute atomic E-state index is 13.0. The molecule has 1 heterocycles. The third-order valence-corrected chi connectivity index (χ3v) is 4.10. The topological polar surface area (TPSA) is 71.3 Å². The molecule has 0 spiro atoms. The van der Waals surface area contributed by atoms with Gasteiger partial charge in [-0.1, -0.05) is 12.1 Å². The van der Waals surface area contributed by atoms with Crippen LogP contribution in [0.25, 0.3) is 0 Å². The van der Waals surface area contributed by atoms with Gasteiger partial charge in [0.25, 0.3) is 0 Å². The highest BCUT2D eigenvalue weighted by Gasteiger charge is 2.56. The fourth-order valence-electron chi connectivity index (χ4n) is 2.51. The van der Waals surface area contributed by atoms with E-state index in [9.17, 15) is 22.8 Å². The van der Waals surface area contributed by atoms with Crippen LogP contribution in [0.15, 0.2) is 47.1 Å². The van der Waals surface area contributed by atoms with Crippen molar-refractivity contribution in [2.75, 3.05) is 5.32 Å². The number of hydrogen-bond acceptors (Lipinski definition) is 3. The smallest absolute Gasteiger partial charge is 0.418 e. The summed E-state index contributed by atoms with van der Waals surface area (Å²) in [6.07, 6.45) is -2.56. The maximum Gasteiger partial charge on any atom is 0.418 e. The molecular formula is C17H15F3N2O3. The van der Waals surface area contributed by atoms with Gasteiger partial charge in [-0.3, -0.25) is 9.59 Å². The Morgan fingerprint density at radius 2 is 1.80 bits per heavy atom. The van der Waals surface area contributed by atoms with Gasteiger partial charge in [0.05, 0.1) is 24.1 Å². The average molecular weight is 352 g/mol. The molecule has 2 amide bonds. The number of rotatable bonds is 5. The number of anilines is 1. The van der Waals surface area contributed by atoms with E-state index in [1.165, 1.54) is 18.4 Å². The molecule has 8 heteroatoms. The fraction of sp³-hybridized carbons (Fsp3) is 0.294. The Hall–Kier alpha value is -2.77. The van der Waals surface area contributed by atoms with Gasteiger partial charge in [0.1, 0.15) is 11.2 Å². The number of halogens is 3. The van der Waals surface area contributed by atoms with Crippen LogP contribution in [0.1, 0.15) is 24.2 Å². The Morgan fingerprint density at radius 3 is 2.40 bits per heavy atom. The van der Waals surface area contributed by atoms with Crippen molar-refractivity contribution in [1.29, 1.82) is 0 Å². The standard InChI is InChI=1S/C17H15F3N2O3/c18-17(19,20)12-5-1-2-6-13(12)22-15(24)16(7-8-16)14(23)21-10-11-4-3-9-25-11/h1-6,9H,7-8,10H2,(H,21,23)(H,22,24). The zero-order chi connectivity index (χ0) is 18.1. The molecule has 2 aromatic rings. The van der Waals surface area contributed by atoms with Crippen LogP contribution < -0.4 is 10.6 Å². The van der Waals surface area contributed by atoms with Crippen LogP contribution in [0.5, 0.6) is 0 Å². The van der Waals surface area contributed by atoms with Gasteiger partial charge >= 0.3 is 6.18 Å². The van der Waals surface area contributed by atoms with Gasteiger partial charge in [-0.25, -0.2) is 0 Å². The first kappa shape index (κ1) is 17.1. The van der Waals surface area contributed by atoms with E-state index in [1.807, 2.05) is 0 Å². The average Bonchev–Trinajstić information content (AvgIpc) is 3.22. The maximum atomic E-state index is 13.0. The molecule has 5 nitrogen and oxygen atoms in total. The van der Waals surface area contributed by atoms with E-state index < -0.39 is 29.0 Å². The van der Waals surface area contributed by atoms with Gasteiger partial charge in [0.2, 0.25) is 11.8 Å². The Kier molecular flexibility index (Phi) is 4.28. The summed E-state index contributed by atoms with van der Waals surface area (Å²) >= 11 is 0. The summed E-state index contributed by atoms with van der Waals surface area (Å²) < 4.78 is 44.1. The second kappa shape index (κ2) is 6.27. The highest BCUT2D eigenvalue weighted by Crippen LogP contribution is 2.47. The highest BCUT2D eigenvalue weighted by atomic mass is 19.4. The summed E-state index contributed by atoms with van der Waals surface area (Å²) in [5.74, 6) is -0.737. The van der Waals surface area contributed by atoms with E-state index in [0.29, 0.717) is 5.76 Å². The SMILES string of the molecule is O=C(NCc1ccco1)C1(C(=O)Nc2ccccc2C(F)(F)F)CC1. The Balaban J connectivity index is 1.70. The van der Waals surface area contributed by atoms with Gasteiger partial charge in [-0.2, -0.15) is 13.2 Å². The summed E-state index contributed by atoms with van der Waals surface area (Å²) in [5.41, 5.74) is -2.63. The van der Waals surface area contributed by atoms with Gasteiger partial charge in [0.15, 0.2) is 0 Å². The normalized spacial score (nSPS) is 15.5. The quantitative estimate of drug-likeness (QED) is 0.811. The first-order chi connectivity index (χ1) is 11.8. The predicted octanol–water partition coefficient (Wildman–Crippen LogP) is 3.33. The minimum Gasteiger partial charge on any atom is -0.467 e. The summed E-state index contributed by atoms with van der Waals surface area (Å²) in [6.45, 7) is 0.111. The summed E-state index contributed by atoms with van der Waals surface area (Å²) in [5, 5.41) is 4.83. The lowest BCUT2D eigenvalue weighted by atomic mass is 10.0. The molecule has 132 valence electrons. The van der Waals surface area contributed by atoms with Crippen molar-refractivity contribution in [2.24, 2.45) is 5.41 Å². The number of para-hydroxylation sites is 1. The molecule has 1 aromatic carbocycles. The first-order valence-electron chi connectivity index (χ1n) is 7.61. The van der Waals surface area contributed by atoms with Crippen LogP contribution in [-0.2, 0) is 22.3 Å². The van der Waals surface area contributed by atoms with Crippen LogP contribution in [0.4, 0.5) is 18.9 Å². The monoisotopic (exact) mass is 352 g/mol. The van der Waals surface area contributed by atoms with E-state index in [2.05, 4.69) is 10.6 Å². The van der Waals surface area contributed by atoms with E-state index in [4.69, 9.17) is 4.42 Å². The number of hydrogen-bond donors (Lipinski definition) is 2. The van der Waals surface area contributed by atoms with Crippen LogP contribution in [-0.4, -0.2) is 11.8 Å². The number of nitrogens with one attached hydrogen (secondary N) is 2. The molecule has 3 rings (SSSR count). The zero-order valence-corrected chi connectivity index (χ0v) is 13.0. The molecule has 0 bridgehead atoms. The lowest BCUT2D eigenvalue weighted by Gasteiger charge is -2.18. The lowest BCUT2D eigenvalue weighted by molar-refractivity contribution is -0.137. The largest absolute Gasteiger partial charge is 0.467 e. The Labute approximate surface area is 141 Å². The number of furan rings is 1. The predicted molar refractivity (Wildman–Crippen MR) is 82.3 cm³/mol. The molecular weight excluding hydrogens is 337 g/mol. The fourth-order valence-corrected chi connectivity index (χ4v) is 2.51. The van der Waals surface area contributed by atoms with E-state index in [-0.39, 0.29) is 25.1 Å². The van der Waals surface area contributed by atoms with Crippen molar-refractivity contribution in [3.8, 4) is 0 Å². The number of carbonyl (C=O) groups excluding carboxylic acids is 2. The molecule has 1 aliphatic rings. The van der Waals surface area contributed by atoms with Gasteiger partial charge in [0, 0.05) is 0 Å². The first-order valence-corrected chi connectivity index (χ1v) is 7.61. The minimum absolute atomic E-state index is 0.111. The zero-order valence-electron chi connectivity index (χ0n) is 13.0. The van der Waals surface area contributed by atoms with Gasteiger partial charge in [-0.05, 0) is 37.1 Å². The van der Waals surface area contributed by atoms with Crippen molar-refractivity contribution < 1.29 is 27.2 Å². The molecule has 0 radical (unpaired) electrons. The summed E-state index contributed by atoms with van der Waals surface area (Å²) in [7, 11) is 0. The van der Waals surface area contributed by atoms with Gasteiger partial charge < -0.3 is 15.1 Å². The van der Waals surface area contributed by atoms with E-state index in [1.54, 1.807) is 12.1 Å². The lowest BCUT2D eigenvalue weighted by Crippen LogP contribution is -2.39. The summed E-state index contributed by atoms with van der Waals surface area (Å²) in [4.78, 5) is 24.7. The number of alkyl halides is 3. The number of amides is 2. The third-order valence-electron chi connectivity index (χ3n) is 4.10. The van der Waals surface area contributed by atoms with Gasteiger partial charge in [-0.15, -0.1) is 0 Å². The molecule has 25 heavy (non-hydrogen) atoms.